The van der Waals surface area contributed by atoms with E-state index in [9.17, 15) is 22.8 Å². The maximum absolute atomic E-state index is 12.7. The van der Waals surface area contributed by atoms with E-state index in [-0.39, 0.29) is 34.6 Å². The Hall–Kier alpha value is -2.91. The van der Waals surface area contributed by atoms with Gasteiger partial charge < -0.3 is 10.6 Å². The molecule has 3 rings (SSSR count). The number of benzene rings is 2. The topological polar surface area (TPSA) is 121 Å². The standard InChI is InChI=1S/C22H24ClN3O5S/c1-14(25-21(28)11-15-5-10-20(27)24-13-15)17-3-2-4-19(12-17)32(30,31)26-22(29)16-6-8-18(23)9-7-16/h2-4,6-9,12,14-15H,5,10-11,13H2,1H3,(H,24,27)(H,25,28)(H,26,29). The first-order valence-electron chi connectivity index (χ1n) is 10.1. The summed E-state index contributed by atoms with van der Waals surface area (Å²) < 4.78 is 27.4. The highest BCUT2D eigenvalue weighted by Crippen LogP contribution is 2.20. The zero-order valence-electron chi connectivity index (χ0n) is 17.4. The number of halogens is 1. The molecule has 1 aliphatic rings. The lowest BCUT2D eigenvalue weighted by Crippen LogP contribution is -2.38. The number of hydrogen-bond acceptors (Lipinski definition) is 5. The molecule has 1 heterocycles. The Bertz CT molecular complexity index is 1110. The summed E-state index contributed by atoms with van der Waals surface area (Å²) in [6.45, 7) is 2.22. The fraction of sp³-hybridized carbons (Fsp3) is 0.318. The molecule has 2 atom stereocenters. The third kappa shape index (κ3) is 6.30. The highest BCUT2D eigenvalue weighted by Gasteiger charge is 2.23. The monoisotopic (exact) mass is 477 g/mol. The van der Waals surface area contributed by atoms with E-state index >= 15 is 0 Å². The Kier molecular flexibility index (Phi) is 7.52. The molecule has 2 aromatic carbocycles. The minimum Gasteiger partial charge on any atom is -0.356 e. The summed E-state index contributed by atoms with van der Waals surface area (Å²) >= 11 is 5.79. The van der Waals surface area contributed by atoms with Gasteiger partial charge in [0.15, 0.2) is 0 Å². The molecule has 1 aliphatic heterocycles. The first-order chi connectivity index (χ1) is 15.1. The number of carbonyl (C=O) groups is 3. The summed E-state index contributed by atoms with van der Waals surface area (Å²) in [5, 5.41) is 6.04. The quantitative estimate of drug-likeness (QED) is 0.565. The minimum absolute atomic E-state index is 0.00351. The van der Waals surface area contributed by atoms with Crippen molar-refractivity contribution in [2.45, 2.75) is 37.1 Å². The van der Waals surface area contributed by atoms with Crippen LogP contribution in [0.15, 0.2) is 53.4 Å². The minimum atomic E-state index is -4.12. The molecule has 8 nitrogen and oxygen atoms in total. The van der Waals surface area contributed by atoms with E-state index in [1.807, 2.05) is 4.72 Å². The van der Waals surface area contributed by atoms with E-state index in [4.69, 9.17) is 11.6 Å². The first kappa shape index (κ1) is 23.7. The van der Waals surface area contributed by atoms with Crippen LogP contribution >= 0.6 is 11.6 Å². The average Bonchev–Trinajstić information content (AvgIpc) is 2.75. The second-order valence-electron chi connectivity index (χ2n) is 7.72. The first-order valence-corrected chi connectivity index (χ1v) is 12.0. The van der Waals surface area contributed by atoms with Gasteiger partial charge in [0.1, 0.15) is 0 Å². The zero-order chi connectivity index (χ0) is 23.3. The van der Waals surface area contributed by atoms with Crippen molar-refractivity contribution in [3.8, 4) is 0 Å². The van der Waals surface area contributed by atoms with Crippen molar-refractivity contribution in [3.63, 3.8) is 0 Å². The Labute approximate surface area is 191 Å². The second-order valence-corrected chi connectivity index (χ2v) is 9.83. The normalized spacial score (nSPS) is 17.2. The number of hydrogen-bond donors (Lipinski definition) is 3. The van der Waals surface area contributed by atoms with Gasteiger partial charge in [0.2, 0.25) is 11.8 Å². The Morgan fingerprint density at radius 2 is 1.91 bits per heavy atom. The Morgan fingerprint density at radius 1 is 1.19 bits per heavy atom. The van der Waals surface area contributed by atoms with Crippen LogP contribution in [0, 0.1) is 5.92 Å². The van der Waals surface area contributed by atoms with Crippen molar-refractivity contribution < 1.29 is 22.8 Å². The maximum atomic E-state index is 12.7. The third-order valence-corrected chi connectivity index (χ3v) is 6.80. The molecule has 0 aliphatic carbocycles. The van der Waals surface area contributed by atoms with E-state index in [2.05, 4.69) is 10.6 Å². The lowest BCUT2D eigenvalue weighted by Gasteiger charge is -2.23. The van der Waals surface area contributed by atoms with Gasteiger partial charge in [0, 0.05) is 30.0 Å². The molecule has 2 aromatic rings. The summed E-state index contributed by atoms with van der Waals surface area (Å²) in [5.74, 6) is -0.873. The lowest BCUT2D eigenvalue weighted by atomic mass is 9.95. The molecule has 3 N–H and O–H groups in total. The molecule has 0 bridgehead atoms. The van der Waals surface area contributed by atoms with E-state index in [1.54, 1.807) is 19.1 Å². The van der Waals surface area contributed by atoms with Crippen molar-refractivity contribution in [2.24, 2.45) is 5.92 Å². The number of rotatable bonds is 7. The molecule has 2 unspecified atom stereocenters. The van der Waals surface area contributed by atoms with Gasteiger partial charge in [-0.2, -0.15) is 0 Å². The SMILES string of the molecule is CC(NC(=O)CC1CCC(=O)NC1)c1cccc(S(=O)(=O)NC(=O)c2ccc(Cl)cc2)c1. The summed E-state index contributed by atoms with van der Waals surface area (Å²) in [4.78, 5) is 35.8. The van der Waals surface area contributed by atoms with Crippen LogP contribution in [0.4, 0.5) is 0 Å². The van der Waals surface area contributed by atoms with E-state index in [1.165, 1.54) is 36.4 Å². The average molecular weight is 478 g/mol. The molecule has 0 radical (unpaired) electrons. The fourth-order valence-corrected chi connectivity index (χ4v) is 4.55. The lowest BCUT2D eigenvalue weighted by molar-refractivity contribution is -0.126. The van der Waals surface area contributed by atoms with Crippen LogP contribution < -0.4 is 15.4 Å². The van der Waals surface area contributed by atoms with Crippen LogP contribution in [-0.4, -0.2) is 32.7 Å². The van der Waals surface area contributed by atoms with Crippen LogP contribution in [0.25, 0.3) is 0 Å². The van der Waals surface area contributed by atoms with Crippen LogP contribution in [0.5, 0.6) is 0 Å². The summed E-state index contributed by atoms with van der Waals surface area (Å²) in [6.07, 6.45) is 1.35. The van der Waals surface area contributed by atoms with E-state index < -0.39 is 22.0 Å². The van der Waals surface area contributed by atoms with Gasteiger partial charge in [-0.15, -0.1) is 0 Å². The molecule has 0 saturated carbocycles. The smallest absolute Gasteiger partial charge is 0.264 e. The molecule has 0 aromatic heterocycles. The largest absolute Gasteiger partial charge is 0.356 e. The number of nitrogens with one attached hydrogen (secondary N) is 3. The fourth-order valence-electron chi connectivity index (χ4n) is 3.40. The Morgan fingerprint density at radius 3 is 2.56 bits per heavy atom. The molecular formula is C22H24ClN3O5S. The molecule has 3 amide bonds. The van der Waals surface area contributed by atoms with Gasteiger partial charge in [-0.05, 0) is 61.2 Å². The third-order valence-electron chi connectivity index (χ3n) is 5.22. The van der Waals surface area contributed by atoms with Crippen LogP contribution in [0.3, 0.4) is 0 Å². The summed E-state index contributed by atoms with van der Waals surface area (Å²) in [5.41, 5.74) is 0.741. The summed E-state index contributed by atoms with van der Waals surface area (Å²) in [7, 11) is -4.12. The highest BCUT2D eigenvalue weighted by atomic mass is 35.5. The van der Waals surface area contributed by atoms with Crippen molar-refractivity contribution in [1.82, 2.24) is 15.4 Å². The van der Waals surface area contributed by atoms with Gasteiger partial charge in [0.05, 0.1) is 10.9 Å². The van der Waals surface area contributed by atoms with Gasteiger partial charge in [0.25, 0.3) is 15.9 Å². The van der Waals surface area contributed by atoms with Crippen molar-refractivity contribution in [1.29, 1.82) is 0 Å². The van der Waals surface area contributed by atoms with E-state index in [0.717, 1.165) is 0 Å². The second kappa shape index (κ2) is 10.1. The molecule has 170 valence electrons. The molecular weight excluding hydrogens is 454 g/mol. The van der Waals surface area contributed by atoms with Gasteiger partial charge in [-0.25, -0.2) is 13.1 Å². The zero-order valence-corrected chi connectivity index (χ0v) is 19.0. The molecule has 32 heavy (non-hydrogen) atoms. The van der Waals surface area contributed by atoms with Gasteiger partial charge in [-0.1, -0.05) is 23.7 Å². The van der Waals surface area contributed by atoms with Crippen molar-refractivity contribution in [3.05, 3.63) is 64.7 Å². The van der Waals surface area contributed by atoms with Crippen molar-refractivity contribution in [2.75, 3.05) is 6.54 Å². The van der Waals surface area contributed by atoms with Crippen LogP contribution in [-0.2, 0) is 19.6 Å². The number of carbonyl (C=O) groups excluding carboxylic acids is 3. The molecule has 10 heteroatoms. The number of amides is 3. The Balaban J connectivity index is 1.64. The van der Waals surface area contributed by atoms with Crippen molar-refractivity contribution >= 4 is 39.3 Å². The summed E-state index contributed by atoms with van der Waals surface area (Å²) in [6, 6.07) is 11.5. The molecule has 1 saturated heterocycles. The van der Waals surface area contributed by atoms with Crippen LogP contribution in [0.1, 0.15) is 48.1 Å². The molecule has 1 fully saturated rings. The van der Waals surface area contributed by atoms with E-state index in [0.29, 0.717) is 30.0 Å². The number of sulfonamides is 1. The van der Waals surface area contributed by atoms with Gasteiger partial charge in [-0.3, -0.25) is 14.4 Å². The molecule has 0 spiro atoms. The predicted molar refractivity (Wildman–Crippen MR) is 119 cm³/mol. The maximum Gasteiger partial charge on any atom is 0.264 e. The highest BCUT2D eigenvalue weighted by molar-refractivity contribution is 7.90. The number of piperidine rings is 1. The van der Waals surface area contributed by atoms with Gasteiger partial charge >= 0.3 is 0 Å². The van der Waals surface area contributed by atoms with Crippen LogP contribution in [0.2, 0.25) is 5.02 Å². The predicted octanol–water partition coefficient (Wildman–Crippen LogP) is 2.55.